The van der Waals surface area contributed by atoms with Crippen LogP contribution >= 0.6 is 0 Å². The second-order valence-electron chi connectivity index (χ2n) is 2.86. The molecule has 0 aliphatic carbocycles. The molecule has 5 heteroatoms. The summed E-state index contributed by atoms with van der Waals surface area (Å²) >= 11 is 0. The molecule has 0 N–H and O–H groups in total. The quantitative estimate of drug-likeness (QED) is 0.646. The van der Waals surface area contributed by atoms with E-state index in [1.165, 1.54) is 12.1 Å². The molecule has 0 aromatic heterocycles. The minimum atomic E-state index is -4.72. The van der Waals surface area contributed by atoms with Gasteiger partial charge in [0.25, 0.3) is 0 Å². The van der Waals surface area contributed by atoms with E-state index in [0.717, 1.165) is 5.56 Å². The fraction of sp³-hybridized carbons (Fsp3) is 0.111. The molecule has 0 heterocycles. The fourth-order valence-electron chi connectivity index (χ4n) is 1.06. The summed E-state index contributed by atoms with van der Waals surface area (Å²) in [5, 5.41) is 0. The predicted molar refractivity (Wildman–Crippen MR) is 49.3 cm³/mol. The molecular formula is C9H9BF3K. The van der Waals surface area contributed by atoms with Gasteiger partial charge in [-0.15, -0.1) is 0 Å². The first-order chi connectivity index (χ1) is 6.01. The van der Waals surface area contributed by atoms with Gasteiger partial charge in [-0.1, -0.05) is 48.8 Å². The van der Waals surface area contributed by atoms with Gasteiger partial charge in [-0.2, -0.15) is 0 Å². The van der Waals surface area contributed by atoms with Crippen molar-refractivity contribution in [3.05, 3.63) is 42.0 Å². The Kier molecular flexibility index (Phi) is 6.32. The van der Waals surface area contributed by atoms with Crippen molar-refractivity contribution in [1.82, 2.24) is 0 Å². The van der Waals surface area contributed by atoms with Crippen LogP contribution in [-0.4, -0.2) is 6.98 Å². The van der Waals surface area contributed by atoms with E-state index < -0.39 is 13.3 Å². The van der Waals surface area contributed by atoms with E-state index in [1.807, 2.05) is 0 Å². The molecule has 0 spiro atoms. The number of rotatable bonds is 3. The van der Waals surface area contributed by atoms with E-state index in [-0.39, 0.29) is 51.4 Å². The van der Waals surface area contributed by atoms with Crippen molar-refractivity contribution >= 4 is 13.1 Å². The Morgan fingerprint density at radius 1 is 1.14 bits per heavy atom. The van der Waals surface area contributed by atoms with Gasteiger partial charge in [0.1, 0.15) is 0 Å². The maximum atomic E-state index is 12.0. The number of hydrogen-bond donors (Lipinski definition) is 0. The molecule has 1 aromatic rings. The van der Waals surface area contributed by atoms with Crippen LogP contribution in [0, 0.1) is 0 Å². The first kappa shape index (κ1) is 14.5. The Hall–Kier alpha value is 0.451. The third-order valence-corrected chi connectivity index (χ3v) is 1.68. The Bertz CT molecular complexity index is 292. The topological polar surface area (TPSA) is 0 Å². The standard InChI is InChI=1S/C9H9BF3.K/c1-2-8-3-5-9(6-4-8)7-10(11,12)13;/h2-6H,1,7H2;/q-1;+1. The van der Waals surface area contributed by atoms with Gasteiger partial charge in [-0.25, -0.2) is 0 Å². The van der Waals surface area contributed by atoms with Crippen molar-refractivity contribution < 1.29 is 64.3 Å². The van der Waals surface area contributed by atoms with Gasteiger partial charge >= 0.3 is 58.4 Å². The normalized spacial score (nSPS) is 10.5. The third-order valence-electron chi connectivity index (χ3n) is 1.68. The Morgan fingerprint density at radius 3 is 2.00 bits per heavy atom. The number of hydrogen-bond acceptors (Lipinski definition) is 0. The smallest absolute Gasteiger partial charge is 0.449 e. The SMILES string of the molecule is C=Cc1ccc(C[B-](F)(F)F)cc1.[K+]. The summed E-state index contributed by atoms with van der Waals surface area (Å²) in [5.74, 6) is 0. The zero-order valence-electron chi connectivity index (χ0n) is 8.01. The minimum Gasteiger partial charge on any atom is -0.449 e. The second-order valence-corrected chi connectivity index (χ2v) is 2.86. The molecule has 1 aromatic carbocycles. The van der Waals surface area contributed by atoms with Gasteiger partial charge in [-0.05, 0) is 5.56 Å². The first-order valence-electron chi connectivity index (χ1n) is 3.93. The van der Waals surface area contributed by atoms with E-state index in [1.54, 1.807) is 18.2 Å². The van der Waals surface area contributed by atoms with Crippen LogP contribution in [-0.2, 0) is 6.32 Å². The molecule has 0 bridgehead atoms. The summed E-state index contributed by atoms with van der Waals surface area (Å²) < 4.78 is 35.9. The molecule has 0 unspecified atom stereocenters. The van der Waals surface area contributed by atoms with Crippen LogP contribution in [0.3, 0.4) is 0 Å². The van der Waals surface area contributed by atoms with Crippen LogP contribution in [0.25, 0.3) is 6.08 Å². The summed E-state index contributed by atoms with van der Waals surface area (Å²) in [7, 11) is 0. The summed E-state index contributed by atoms with van der Waals surface area (Å²) in [6.45, 7) is -1.21. The van der Waals surface area contributed by atoms with E-state index in [0.29, 0.717) is 5.56 Å². The Morgan fingerprint density at radius 2 is 1.64 bits per heavy atom. The molecule has 0 saturated heterocycles. The maximum absolute atomic E-state index is 12.0. The third kappa shape index (κ3) is 5.36. The fourth-order valence-corrected chi connectivity index (χ4v) is 1.06. The van der Waals surface area contributed by atoms with Crippen LogP contribution in [0.15, 0.2) is 30.8 Å². The average Bonchev–Trinajstić information content (AvgIpc) is 2.03. The number of benzene rings is 1. The van der Waals surface area contributed by atoms with Gasteiger partial charge in [0.2, 0.25) is 0 Å². The van der Waals surface area contributed by atoms with Crippen molar-refractivity contribution in [2.45, 2.75) is 6.32 Å². The van der Waals surface area contributed by atoms with E-state index in [2.05, 4.69) is 6.58 Å². The van der Waals surface area contributed by atoms with Crippen molar-refractivity contribution in [3.8, 4) is 0 Å². The first-order valence-corrected chi connectivity index (χ1v) is 3.93. The second kappa shape index (κ2) is 6.13. The van der Waals surface area contributed by atoms with Crippen molar-refractivity contribution in [1.29, 1.82) is 0 Å². The molecule has 0 aliphatic rings. The molecule has 0 fully saturated rings. The average molecular weight is 224 g/mol. The molecule has 0 amide bonds. The van der Waals surface area contributed by atoms with E-state index in [4.69, 9.17) is 0 Å². The van der Waals surface area contributed by atoms with Crippen molar-refractivity contribution in [3.63, 3.8) is 0 Å². The van der Waals surface area contributed by atoms with Crippen molar-refractivity contribution in [2.75, 3.05) is 0 Å². The largest absolute Gasteiger partial charge is 1.00 e. The zero-order valence-corrected chi connectivity index (χ0v) is 11.1. The molecule has 0 saturated carbocycles. The monoisotopic (exact) mass is 224 g/mol. The molecule has 0 aliphatic heterocycles. The molecule has 0 nitrogen and oxygen atoms in total. The van der Waals surface area contributed by atoms with Crippen molar-refractivity contribution in [2.24, 2.45) is 0 Å². The molecule has 70 valence electrons. The molecular weight excluding hydrogens is 215 g/mol. The van der Waals surface area contributed by atoms with Crippen LogP contribution in [0.4, 0.5) is 12.9 Å². The number of halogens is 3. The summed E-state index contributed by atoms with van der Waals surface area (Å²) in [5.41, 5.74) is 1.14. The summed E-state index contributed by atoms with van der Waals surface area (Å²) in [6.07, 6.45) is 0.792. The summed E-state index contributed by atoms with van der Waals surface area (Å²) in [6, 6.07) is 6.22. The van der Waals surface area contributed by atoms with Crippen LogP contribution in [0.1, 0.15) is 11.1 Å². The van der Waals surface area contributed by atoms with Gasteiger partial charge in [-0.3, -0.25) is 0 Å². The van der Waals surface area contributed by atoms with Gasteiger partial charge < -0.3 is 12.9 Å². The molecule has 1 rings (SSSR count). The summed E-state index contributed by atoms with van der Waals surface area (Å²) in [4.78, 5) is 0. The molecule has 0 radical (unpaired) electrons. The Balaban J connectivity index is 0.00000169. The van der Waals surface area contributed by atoms with Gasteiger partial charge in [0.05, 0.1) is 0 Å². The Labute approximate surface area is 124 Å². The van der Waals surface area contributed by atoms with Gasteiger partial charge in [0.15, 0.2) is 0 Å². The van der Waals surface area contributed by atoms with Crippen LogP contribution in [0.2, 0.25) is 0 Å². The van der Waals surface area contributed by atoms with E-state index >= 15 is 0 Å². The molecule has 0 atom stereocenters. The minimum absolute atomic E-state index is 0. The zero-order chi connectivity index (χ0) is 9.90. The molecule has 14 heavy (non-hydrogen) atoms. The van der Waals surface area contributed by atoms with Gasteiger partial charge in [0, 0.05) is 0 Å². The van der Waals surface area contributed by atoms with Crippen LogP contribution in [0.5, 0.6) is 0 Å². The predicted octanol–water partition coefficient (Wildman–Crippen LogP) is 0.263. The van der Waals surface area contributed by atoms with Crippen LogP contribution < -0.4 is 51.4 Å². The van der Waals surface area contributed by atoms with E-state index in [9.17, 15) is 12.9 Å². The maximum Gasteiger partial charge on any atom is 1.00 e.